The van der Waals surface area contributed by atoms with Crippen molar-refractivity contribution in [3.8, 4) is 16.9 Å². The number of nitrogens with one attached hydrogen (secondary N) is 1. The van der Waals surface area contributed by atoms with Crippen LogP contribution in [0.1, 0.15) is 56.5 Å². The summed E-state index contributed by atoms with van der Waals surface area (Å²) in [6, 6.07) is 8.12. The zero-order valence-corrected chi connectivity index (χ0v) is 30.9. The third kappa shape index (κ3) is 7.49. The quantitative estimate of drug-likeness (QED) is 0.233. The molecule has 0 spiro atoms. The molecule has 1 saturated heterocycles. The van der Waals surface area contributed by atoms with Crippen LogP contribution in [0.4, 0.5) is 18.9 Å². The van der Waals surface area contributed by atoms with Crippen LogP contribution >= 0.6 is 0 Å². The lowest BCUT2D eigenvalue weighted by atomic mass is 9.45. The number of aromatic carboxylic acids is 1. The number of sulfone groups is 1. The maximum atomic E-state index is 14.1. The summed E-state index contributed by atoms with van der Waals surface area (Å²) in [4.78, 5) is 33.6. The van der Waals surface area contributed by atoms with E-state index in [9.17, 15) is 46.5 Å². The molecule has 3 saturated carbocycles. The van der Waals surface area contributed by atoms with Gasteiger partial charge >= 0.3 is 11.5 Å². The first-order valence-electron chi connectivity index (χ1n) is 17.3. The van der Waals surface area contributed by atoms with Crippen LogP contribution in [-0.2, 0) is 26.0 Å². The summed E-state index contributed by atoms with van der Waals surface area (Å²) in [5.41, 5.74) is -4.02. The molecule has 8 atom stereocenters. The maximum absolute atomic E-state index is 14.1. The van der Waals surface area contributed by atoms with Gasteiger partial charge in [0.05, 0.1) is 37.7 Å². The van der Waals surface area contributed by atoms with Gasteiger partial charge in [-0.3, -0.25) is 9.63 Å². The summed E-state index contributed by atoms with van der Waals surface area (Å²) in [6.07, 6.45) is 0.0775. The van der Waals surface area contributed by atoms with Gasteiger partial charge in [0, 0.05) is 42.4 Å². The van der Waals surface area contributed by atoms with Crippen molar-refractivity contribution in [2.24, 2.45) is 29.1 Å². The van der Waals surface area contributed by atoms with Crippen LogP contribution in [0, 0.1) is 29.1 Å². The van der Waals surface area contributed by atoms with E-state index in [1.807, 2.05) is 0 Å². The molecule has 2 aromatic rings. The molecule has 288 valence electrons. The molecule has 16 heteroatoms. The van der Waals surface area contributed by atoms with Gasteiger partial charge in [-0.1, -0.05) is 39.0 Å². The van der Waals surface area contributed by atoms with Crippen LogP contribution in [-0.4, -0.2) is 104 Å². The molecule has 1 aliphatic heterocycles. The zero-order chi connectivity index (χ0) is 38.5. The predicted octanol–water partition coefficient (Wildman–Crippen LogP) is 4.09. The molecular formula is C36H48F3N3O9S. The molecule has 2 bridgehead atoms. The Labute approximate surface area is 301 Å². The fraction of sp³-hybridized carbons (Fsp3) is 0.611. The molecule has 4 fully saturated rings. The second kappa shape index (κ2) is 14.8. The summed E-state index contributed by atoms with van der Waals surface area (Å²) in [7, 11) is -2.66. The Bertz CT molecular complexity index is 1770. The van der Waals surface area contributed by atoms with Gasteiger partial charge in [0.15, 0.2) is 0 Å². The second-order valence-corrected chi connectivity index (χ2v) is 17.1. The molecule has 12 nitrogen and oxygen atoms in total. The van der Waals surface area contributed by atoms with Crippen molar-refractivity contribution in [2.45, 2.75) is 76.9 Å². The lowest BCUT2D eigenvalue weighted by Crippen LogP contribution is -2.62. The minimum atomic E-state index is -5.42. The Morgan fingerprint density at radius 3 is 2.44 bits per heavy atom. The Hall–Kier alpha value is -3.44. The molecule has 4 N–H and O–H groups in total. The van der Waals surface area contributed by atoms with Crippen LogP contribution in [0.3, 0.4) is 0 Å². The summed E-state index contributed by atoms with van der Waals surface area (Å²) < 4.78 is 68.2. The molecular weight excluding hydrogens is 707 g/mol. The average molecular weight is 756 g/mol. The molecule has 0 radical (unpaired) electrons. The largest absolute Gasteiger partial charge is 0.497 e. The van der Waals surface area contributed by atoms with Crippen molar-refractivity contribution in [2.75, 3.05) is 38.0 Å². The van der Waals surface area contributed by atoms with E-state index in [4.69, 9.17) is 9.57 Å². The van der Waals surface area contributed by atoms with E-state index in [0.717, 1.165) is 12.8 Å². The lowest BCUT2D eigenvalue weighted by molar-refractivity contribution is -0.183. The highest BCUT2D eigenvalue weighted by Crippen LogP contribution is 2.61. The molecule has 52 heavy (non-hydrogen) atoms. The first-order chi connectivity index (χ1) is 24.2. The molecule has 2 aromatic carbocycles. The number of fused-ring (bicyclic) bond motifs is 2. The van der Waals surface area contributed by atoms with Crippen molar-refractivity contribution in [1.29, 1.82) is 0 Å². The van der Waals surface area contributed by atoms with E-state index in [1.54, 1.807) is 25.1 Å². The minimum absolute atomic E-state index is 0.0337. The normalized spacial score (nSPS) is 27.8. The number of methoxy groups -OCH3 is 1. The van der Waals surface area contributed by atoms with E-state index in [2.05, 4.69) is 26.1 Å². The number of hydrogen-bond acceptors (Lipinski definition) is 10. The van der Waals surface area contributed by atoms with Crippen molar-refractivity contribution in [1.82, 2.24) is 10.4 Å². The number of ether oxygens (including phenoxy) is 1. The highest BCUT2D eigenvalue weighted by atomic mass is 32.2. The molecule has 6 rings (SSSR count). The number of amides is 1. The number of rotatable bonds is 13. The second-order valence-electron chi connectivity index (χ2n) is 15.0. The standard InChI is InChI=1S/C36H48F3N3O9S/c1-19-27-15-24(35(27,3)4)16-28(19)40-33(45)31-30(20(2)44)29(18-43)51-42(31)17-21-8-7-9-26(32(21)50-6)22-12-23(34(46)47)14-25(13-22)41(5)10-11-52(48,49)36(37,38)39/h7-9,12-14,19-20,24,27-31,43-44H,10-11,15-18H2,1-6H3,(H,40,45)(H,46,47)/t19-,20-,24-,27+,28-,29-,30?,31-/m0/s1. The first-order valence-corrected chi connectivity index (χ1v) is 18.9. The Morgan fingerprint density at radius 2 is 1.88 bits per heavy atom. The van der Waals surface area contributed by atoms with Crippen molar-refractivity contribution in [3.05, 3.63) is 47.5 Å². The fourth-order valence-corrected chi connectivity index (χ4v) is 9.19. The summed E-state index contributed by atoms with van der Waals surface area (Å²) in [5, 5.41) is 35.6. The highest BCUT2D eigenvalue weighted by molar-refractivity contribution is 7.92. The number of carboxylic acids is 1. The van der Waals surface area contributed by atoms with Crippen LogP contribution in [0.5, 0.6) is 5.75 Å². The van der Waals surface area contributed by atoms with Crippen LogP contribution in [0.2, 0.25) is 0 Å². The number of para-hydroxylation sites is 1. The Kier molecular flexibility index (Phi) is 11.3. The zero-order valence-electron chi connectivity index (χ0n) is 30.1. The van der Waals surface area contributed by atoms with Gasteiger partial charge < -0.3 is 30.3 Å². The third-order valence-corrected chi connectivity index (χ3v) is 13.1. The number of benzene rings is 2. The molecule has 1 heterocycles. The SMILES string of the molecule is COc1c(CN2O[C@@H](CO)C([C@H](C)O)[C@H]2C(=O)N[C@H]2C[C@@H]3C[C@H]([C@@H]2C)C3(C)C)cccc1-c1cc(C(=O)O)cc(N(C)CCS(=O)(=O)C(F)(F)F)c1. The minimum Gasteiger partial charge on any atom is -0.496 e. The van der Waals surface area contributed by atoms with Crippen molar-refractivity contribution >= 4 is 27.4 Å². The number of anilines is 1. The van der Waals surface area contributed by atoms with Crippen molar-refractivity contribution < 1.29 is 56.1 Å². The van der Waals surface area contributed by atoms with Gasteiger partial charge in [-0.2, -0.15) is 18.2 Å². The van der Waals surface area contributed by atoms with E-state index >= 15 is 0 Å². The van der Waals surface area contributed by atoms with Gasteiger partial charge in [0.2, 0.25) is 15.7 Å². The maximum Gasteiger partial charge on any atom is 0.497 e. The Morgan fingerprint density at radius 1 is 1.19 bits per heavy atom. The number of aliphatic hydroxyl groups excluding tert-OH is 2. The number of nitrogens with zero attached hydrogens (tertiary/aromatic N) is 2. The number of alkyl halides is 3. The van der Waals surface area contributed by atoms with Crippen LogP contribution in [0.25, 0.3) is 11.1 Å². The molecule has 4 aliphatic rings. The Balaban J connectivity index is 1.45. The van der Waals surface area contributed by atoms with E-state index in [-0.39, 0.29) is 46.8 Å². The highest BCUT2D eigenvalue weighted by Gasteiger charge is 2.57. The summed E-state index contributed by atoms with van der Waals surface area (Å²) in [6.45, 7) is 7.19. The lowest BCUT2D eigenvalue weighted by Gasteiger charge is -2.62. The monoisotopic (exact) mass is 755 g/mol. The smallest absolute Gasteiger partial charge is 0.496 e. The number of hydrogen-bond donors (Lipinski definition) is 4. The summed E-state index contributed by atoms with van der Waals surface area (Å²) >= 11 is 0. The molecule has 1 amide bonds. The van der Waals surface area contributed by atoms with E-state index in [1.165, 1.54) is 42.3 Å². The fourth-order valence-electron chi connectivity index (χ4n) is 8.44. The van der Waals surface area contributed by atoms with Gasteiger partial charge in [-0.05, 0) is 66.7 Å². The van der Waals surface area contributed by atoms with E-state index < -0.39 is 64.4 Å². The number of carbonyl (C=O) groups is 2. The molecule has 0 aromatic heterocycles. The van der Waals surface area contributed by atoms with Crippen LogP contribution in [0.15, 0.2) is 36.4 Å². The topological polar surface area (TPSA) is 166 Å². The molecule has 1 unspecified atom stereocenters. The van der Waals surface area contributed by atoms with Gasteiger partial charge in [0.1, 0.15) is 17.9 Å². The third-order valence-electron chi connectivity index (χ3n) is 11.7. The number of hydroxylamine groups is 2. The average Bonchev–Trinajstić information content (AvgIpc) is 3.45. The number of aliphatic hydroxyl groups is 2. The van der Waals surface area contributed by atoms with Gasteiger partial charge in [-0.15, -0.1) is 0 Å². The van der Waals surface area contributed by atoms with Gasteiger partial charge in [0.25, 0.3) is 0 Å². The number of carboxylic acid groups (broad SMARTS) is 1. The predicted molar refractivity (Wildman–Crippen MR) is 186 cm³/mol. The van der Waals surface area contributed by atoms with E-state index in [0.29, 0.717) is 28.5 Å². The number of halogens is 3. The first kappa shape index (κ1) is 39.8. The van der Waals surface area contributed by atoms with Crippen molar-refractivity contribution in [3.63, 3.8) is 0 Å². The number of carbonyl (C=O) groups excluding carboxylic acids is 1. The summed E-state index contributed by atoms with van der Waals surface area (Å²) in [5.74, 6) is -2.15. The molecule has 3 aliphatic carbocycles. The van der Waals surface area contributed by atoms with Crippen LogP contribution < -0.4 is 15.0 Å². The van der Waals surface area contributed by atoms with Gasteiger partial charge in [-0.25, -0.2) is 13.2 Å².